The Balaban J connectivity index is 1.88. The van der Waals surface area contributed by atoms with Crippen molar-refractivity contribution in [3.63, 3.8) is 0 Å². The molecule has 3 nitrogen and oxygen atoms in total. The summed E-state index contributed by atoms with van der Waals surface area (Å²) >= 11 is 0. The highest BCUT2D eigenvalue weighted by Gasteiger charge is 2.38. The molecule has 3 aromatic rings. The maximum absolute atomic E-state index is 13.2. The van der Waals surface area contributed by atoms with E-state index < -0.39 is 0 Å². The maximum atomic E-state index is 13.2. The molecule has 5 rings (SSSR count). The van der Waals surface area contributed by atoms with Crippen LogP contribution in [0.5, 0.6) is 0 Å². The second kappa shape index (κ2) is 4.59. The van der Waals surface area contributed by atoms with E-state index in [9.17, 15) is 4.79 Å². The van der Waals surface area contributed by atoms with E-state index in [2.05, 4.69) is 29.0 Å². The van der Waals surface area contributed by atoms with Crippen molar-refractivity contribution in [3.05, 3.63) is 83.2 Å². The molecule has 0 N–H and O–H groups in total. The molecule has 0 spiro atoms. The Morgan fingerprint density at radius 2 is 1.30 bits per heavy atom. The lowest BCUT2D eigenvalue weighted by molar-refractivity contribution is 0.522. The Kier molecular flexibility index (Phi) is 2.54. The SMILES string of the molecule is O=c1c(-c2ccccc2)c(-c2ccccc2)n2n1C1C=CC2C1. The number of hydrogen-bond acceptors (Lipinski definition) is 1. The summed E-state index contributed by atoms with van der Waals surface area (Å²) in [5.74, 6) is 0. The first-order chi connectivity index (χ1) is 11.3. The quantitative estimate of drug-likeness (QED) is 0.656. The van der Waals surface area contributed by atoms with E-state index in [-0.39, 0.29) is 11.6 Å². The molecular formula is C20H16N2O. The molecule has 2 atom stereocenters. The van der Waals surface area contributed by atoms with Gasteiger partial charge in [-0.05, 0) is 12.0 Å². The van der Waals surface area contributed by atoms with E-state index in [0.717, 1.165) is 28.8 Å². The Morgan fingerprint density at radius 3 is 1.96 bits per heavy atom. The first-order valence-corrected chi connectivity index (χ1v) is 8.01. The van der Waals surface area contributed by atoms with Crippen LogP contribution in [-0.2, 0) is 0 Å². The first kappa shape index (κ1) is 12.7. The van der Waals surface area contributed by atoms with Crippen molar-refractivity contribution in [2.45, 2.75) is 18.5 Å². The Labute approximate surface area is 134 Å². The van der Waals surface area contributed by atoms with Crippen LogP contribution in [0.1, 0.15) is 18.5 Å². The molecular weight excluding hydrogens is 284 g/mol. The highest BCUT2D eigenvalue weighted by molar-refractivity contribution is 5.81. The van der Waals surface area contributed by atoms with Crippen molar-refractivity contribution < 1.29 is 0 Å². The van der Waals surface area contributed by atoms with Gasteiger partial charge in [0, 0.05) is 5.56 Å². The van der Waals surface area contributed by atoms with Crippen LogP contribution in [-0.4, -0.2) is 9.36 Å². The topological polar surface area (TPSA) is 26.9 Å². The molecule has 2 aliphatic rings. The number of rotatable bonds is 2. The summed E-state index contributed by atoms with van der Waals surface area (Å²) in [6, 6.07) is 20.7. The Hall–Kier alpha value is -2.81. The molecule has 0 fully saturated rings. The fourth-order valence-corrected chi connectivity index (χ4v) is 3.93. The van der Waals surface area contributed by atoms with Gasteiger partial charge in [0.2, 0.25) is 0 Å². The third-order valence-corrected chi connectivity index (χ3v) is 4.90. The van der Waals surface area contributed by atoms with E-state index in [1.54, 1.807) is 0 Å². The molecule has 23 heavy (non-hydrogen) atoms. The summed E-state index contributed by atoms with van der Waals surface area (Å²) in [5.41, 5.74) is 4.06. The molecule has 2 unspecified atom stereocenters. The van der Waals surface area contributed by atoms with Gasteiger partial charge in [-0.15, -0.1) is 0 Å². The summed E-state index contributed by atoms with van der Waals surface area (Å²) in [4.78, 5) is 13.2. The standard InChI is InChI=1S/C20H16N2O/c23-20-18(14-7-3-1-4-8-14)19(15-9-5-2-6-10-15)21-16-11-12-17(13-16)22(20)21/h1-12,16-17H,13H2. The van der Waals surface area contributed by atoms with Crippen LogP contribution in [0.4, 0.5) is 0 Å². The van der Waals surface area contributed by atoms with Gasteiger partial charge in [-0.3, -0.25) is 9.48 Å². The molecule has 0 saturated heterocycles. The zero-order valence-corrected chi connectivity index (χ0v) is 12.6. The average Bonchev–Trinajstić information content (AvgIpc) is 3.29. The molecule has 2 bridgehead atoms. The normalized spacial score (nSPS) is 20.9. The lowest BCUT2D eigenvalue weighted by Crippen LogP contribution is -2.22. The second-order valence-electron chi connectivity index (χ2n) is 6.21. The first-order valence-electron chi connectivity index (χ1n) is 8.01. The van der Waals surface area contributed by atoms with E-state index in [1.807, 2.05) is 53.2 Å². The van der Waals surface area contributed by atoms with E-state index in [4.69, 9.17) is 0 Å². The summed E-state index contributed by atoms with van der Waals surface area (Å²) < 4.78 is 4.14. The van der Waals surface area contributed by atoms with Crippen LogP contribution in [0.15, 0.2) is 77.6 Å². The predicted octanol–water partition coefficient (Wildman–Crippen LogP) is 4.04. The molecule has 1 aliphatic carbocycles. The number of aromatic nitrogens is 2. The van der Waals surface area contributed by atoms with Crippen molar-refractivity contribution in [2.24, 2.45) is 0 Å². The minimum absolute atomic E-state index is 0.118. The van der Waals surface area contributed by atoms with E-state index in [1.165, 1.54) is 0 Å². The van der Waals surface area contributed by atoms with Gasteiger partial charge in [0.05, 0.1) is 23.3 Å². The second-order valence-corrected chi connectivity index (χ2v) is 6.21. The van der Waals surface area contributed by atoms with Gasteiger partial charge in [0.25, 0.3) is 5.56 Å². The van der Waals surface area contributed by atoms with Crippen LogP contribution in [0.25, 0.3) is 22.4 Å². The molecule has 112 valence electrons. The summed E-state index contributed by atoms with van der Waals surface area (Å²) in [6.45, 7) is 0. The lowest BCUT2D eigenvalue weighted by atomic mass is 10.0. The summed E-state index contributed by atoms with van der Waals surface area (Å²) in [5, 5.41) is 0. The molecule has 2 heterocycles. The van der Waals surface area contributed by atoms with Gasteiger partial charge < -0.3 is 0 Å². The fourth-order valence-electron chi connectivity index (χ4n) is 3.93. The third-order valence-electron chi connectivity index (χ3n) is 4.90. The number of fused-ring (bicyclic) bond motifs is 5. The van der Waals surface area contributed by atoms with Crippen molar-refractivity contribution in [1.82, 2.24) is 9.36 Å². The van der Waals surface area contributed by atoms with Gasteiger partial charge in [-0.25, -0.2) is 4.68 Å². The minimum Gasteiger partial charge on any atom is -0.274 e. The highest BCUT2D eigenvalue weighted by atomic mass is 16.1. The van der Waals surface area contributed by atoms with Gasteiger partial charge in [0.1, 0.15) is 0 Å². The van der Waals surface area contributed by atoms with Crippen LogP contribution in [0, 0.1) is 0 Å². The number of benzene rings is 2. The lowest BCUT2D eigenvalue weighted by Gasteiger charge is -2.15. The zero-order valence-electron chi connectivity index (χ0n) is 12.6. The Bertz CT molecular complexity index is 964. The van der Waals surface area contributed by atoms with Crippen LogP contribution in [0.2, 0.25) is 0 Å². The van der Waals surface area contributed by atoms with E-state index in [0.29, 0.717) is 6.04 Å². The molecule has 1 aliphatic heterocycles. The van der Waals surface area contributed by atoms with Crippen molar-refractivity contribution in [2.75, 3.05) is 0 Å². The van der Waals surface area contributed by atoms with E-state index >= 15 is 0 Å². The highest BCUT2D eigenvalue weighted by Crippen LogP contribution is 2.43. The van der Waals surface area contributed by atoms with Crippen molar-refractivity contribution in [1.29, 1.82) is 0 Å². The monoisotopic (exact) mass is 300 g/mol. The third kappa shape index (κ3) is 1.67. The summed E-state index contributed by atoms with van der Waals surface area (Å²) in [6.07, 6.45) is 5.39. The van der Waals surface area contributed by atoms with Gasteiger partial charge in [0.15, 0.2) is 0 Å². The smallest absolute Gasteiger partial charge is 0.274 e. The minimum atomic E-state index is 0.118. The van der Waals surface area contributed by atoms with Gasteiger partial charge >= 0.3 is 0 Å². The molecule has 0 radical (unpaired) electrons. The van der Waals surface area contributed by atoms with Crippen molar-refractivity contribution >= 4 is 0 Å². The number of hydrogen-bond donors (Lipinski definition) is 0. The molecule has 0 saturated carbocycles. The fraction of sp³-hybridized carbons (Fsp3) is 0.150. The Morgan fingerprint density at radius 1 is 0.739 bits per heavy atom. The predicted molar refractivity (Wildman–Crippen MR) is 91.4 cm³/mol. The molecule has 0 amide bonds. The van der Waals surface area contributed by atoms with Crippen LogP contribution < -0.4 is 5.56 Å². The zero-order chi connectivity index (χ0) is 15.4. The molecule has 1 aromatic heterocycles. The number of allylic oxidation sites excluding steroid dienone is 2. The number of nitrogens with zero attached hydrogens (tertiary/aromatic N) is 2. The van der Waals surface area contributed by atoms with Crippen LogP contribution in [0.3, 0.4) is 0 Å². The molecule has 2 aromatic carbocycles. The molecule has 3 heteroatoms. The average molecular weight is 300 g/mol. The van der Waals surface area contributed by atoms with Gasteiger partial charge in [-0.2, -0.15) is 0 Å². The van der Waals surface area contributed by atoms with Crippen LogP contribution >= 0.6 is 0 Å². The van der Waals surface area contributed by atoms with Gasteiger partial charge in [-0.1, -0.05) is 72.8 Å². The largest absolute Gasteiger partial charge is 0.275 e. The summed E-state index contributed by atoms with van der Waals surface area (Å²) in [7, 11) is 0. The maximum Gasteiger partial charge on any atom is 0.275 e. The van der Waals surface area contributed by atoms with Crippen molar-refractivity contribution in [3.8, 4) is 22.4 Å².